The van der Waals surface area contributed by atoms with E-state index < -0.39 is 0 Å². The molecule has 1 unspecified atom stereocenters. The molecule has 0 spiro atoms. The average molecular weight is 380 g/mol. The topological polar surface area (TPSA) is 72.7 Å². The van der Waals surface area contributed by atoms with E-state index in [-0.39, 0.29) is 18.5 Å². The van der Waals surface area contributed by atoms with Crippen molar-refractivity contribution in [3.8, 4) is 11.4 Å². The van der Waals surface area contributed by atoms with Crippen LogP contribution in [0.4, 0.5) is 0 Å². The van der Waals surface area contributed by atoms with Gasteiger partial charge in [0.15, 0.2) is 0 Å². The summed E-state index contributed by atoms with van der Waals surface area (Å²) in [5.74, 6) is 0.426. The van der Waals surface area contributed by atoms with E-state index in [0.29, 0.717) is 5.82 Å². The van der Waals surface area contributed by atoms with Crippen molar-refractivity contribution in [2.45, 2.75) is 52.1 Å². The van der Waals surface area contributed by atoms with Crippen molar-refractivity contribution >= 4 is 21.8 Å². The summed E-state index contributed by atoms with van der Waals surface area (Å²) in [6, 6.07) is 7.81. The van der Waals surface area contributed by atoms with Crippen molar-refractivity contribution in [2.75, 3.05) is 0 Å². The fourth-order valence-electron chi connectivity index (χ4n) is 2.25. The normalized spacial score (nSPS) is 12.1. The van der Waals surface area contributed by atoms with Crippen LogP contribution in [-0.4, -0.2) is 32.2 Å². The van der Waals surface area contributed by atoms with E-state index in [1.165, 1.54) is 17.6 Å². The molecule has 1 atom stereocenters. The summed E-state index contributed by atoms with van der Waals surface area (Å²) < 4.78 is 0.991. The zero-order valence-corrected chi connectivity index (χ0v) is 15.1. The van der Waals surface area contributed by atoms with Crippen molar-refractivity contribution in [3.05, 3.63) is 28.7 Å². The summed E-state index contributed by atoms with van der Waals surface area (Å²) in [4.78, 5) is 13.3. The number of rotatable bonds is 8. The number of aromatic nitrogens is 4. The van der Waals surface area contributed by atoms with Gasteiger partial charge in [-0.05, 0) is 42.8 Å². The standard InChI is InChI=1S/C16H22BrN5O/c1-3-4-5-6-12(2)18-15(23)11-22-20-16(19-21-22)13-7-9-14(17)10-8-13/h7-10,12H,3-6,11H2,1-2H3,(H,18,23). The van der Waals surface area contributed by atoms with Gasteiger partial charge >= 0.3 is 0 Å². The van der Waals surface area contributed by atoms with E-state index in [0.717, 1.165) is 22.9 Å². The lowest BCUT2D eigenvalue weighted by Gasteiger charge is -2.12. The summed E-state index contributed by atoms with van der Waals surface area (Å²) in [5, 5.41) is 15.2. The molecule has 0 saturated heterocycles. The lowest BCUT2D eigenvalue weighted by Crippen LogP contribution is -2.35. The predicted octanol–water partition coefficient (Wildman–Crippen LogP) is 3.19. The molecule has 2 aromatic rings. The maximum atomic E-state index is 12.0. The molecule has 1 aromatic heterocycles. The number of hydrogen-bond donors (Lipinski definition) is 1. The summed E-state index contributed by atoms with van der Waals surface area (Å²) in [6.45, 7) is 4.28. The van der Waals surface area contributed by atoms with Crippen LogP contribution in [-0.2, 0) is 11.3 Å². The first-order chi connectivity index (χ1) is 11.1. The number of carbonyl (C=O) groups is 1. The highest BCUT2D eigenvalue weighted by molar-refractivity contribution is 9.10. The van der Waals surface area contributed by atoms with Crippen LogP contribution >= 0.6 is 15.9 Å². The van der Waals surface area contributed by atoms with Gasteiger partial charge in [0, 0.05) is 16.1 Å². The zero-order valence-electron chi connectivity index (χ0n) is 13.5. The Kier molecular flexibility index (Phi) is 6.70. The Labute approximate surface area is 144 Å². The lowest BCUT2D eigenvalue weighted by molar-refractivity contribution is -0.122. The predicted molar refractivity (Wildman–Crippen MR) is 92.7 cm³/mol. The van der Waals surface area contributed by atoms with Crippen LogP contribution in [0, 0.1) is 0 Å². The van der Waals surface area contributed by atoms with Crippen LogP contribution in [0.25, 0.3) is 11.4 Å². The van der Waals surface area contributed by atoms with E-state index in [1.807, 2.05) is 31.2 Å². The van der Waals surface area contributed by atoms with Crippen LogP contribution in [0.3, 0.4) is 0 Å². The maximum Gasteiger partial charge on any atom is 0.243 e. The van der Waals surface area contributed by atoms with E-state index in [9.17, 15) is 4.79 Å². The summed E-state index contributed by atoms with van der Waals surface area (Å²) >= 11 is 3.39. The van der Waals surface area contributed by atoms with Crippen LogP contribution < -0.4 is 5.32 Å². The van der Waals surface area contributed by atoms with Crippen LogP contribution in [0.15, 0.2) is 28.7 Å². The molecule has 0 aliphatic carbocycles. The molecule has 0 fully saturated rings. The minimum absolute atomic E-state index is 0.0850. The van der Waals surface area contributed by atoms with E-state index >= 15 is 0 Å². The minimum Gasteiger partial charge on any atom is -0.352 e. The van der Waals surface area contributed by atoms with Gasteiger partial charge in [0.25, 0.3) is 0 Å². The highest BCUT2D eigenvalue weighted by atomic mass is 79.9. The Morgan fingerprint density at radius 2 is 2.04 bits per heavy atom. The number of nitrogens with one attached hydrogen (secondary N) is 1. The highest BCUT2D eigenvalue weighted by Gasteiger charge is 2.11. The number of amides is 1. The van der Waals surface area contributed by atoms with Crippen molar-refractivity contribution in [1.29, 1.82) is 0 Å². The van der Waals surface area contributed by atoms with Crippen molar-refractivity contribution in [3.63, 3.8) is 0 Å². The number of unbranched alkanes of at least 4 members (excludes halogenated alkanes) is 2. The molecule has 0 bridgehead atoms. The molecule has 0 saturated carbocycles. The molecule has 23 heavy (non-hydrogen) atoms. The Morgan fingerprint density at radius 3 is 2.74 bits per heavy atom. The van der Waals surface area contributed by atoms with Gasteiger partial charge in [-0.2, -0.15) is 4.80 Å². The molecule has 0 radical (unpaired) electrons. The minimum atomic E-state index is -0.0891. The number of benzene rings is 1. The maximum absolute atomic E-state index is 12.0. The van der Waals surface area contributed by atoms with Crippen LogP contribution in [0.5, 0.6) is 0 Å². The smallest absolute Gasteiger partial charge is 0.243 e. The lowest BCUT2D eigenvalue weighted by atomic mass is 10.1. The fraction of sp³-hybridized carbons (Fsp3) is 0.500. The molecule has 2 rings (SSSR count). The first kappa shape index (κ1) is 17.6. The molecule has 0 aliphatic rings. The number of halogens is 1. The summed E-state index contributed by atoms with van der Waals surface area (Å²) in [7, 11) is 0. The summed E-state index contributed by atoms with van der Waals surface area (Å²) in [5.41, 5.74) is 0.868. The molecule has 1 amide bonds. The van der Waals surface area contributed by atoms with Gasteiger partial charge in [0.2, 0.25) is 11.7 Å². The molecular weight excluding hydrogens is 358 g/mol. The zero-order chi connectivity index (χ0) is 16.7. The second-order valence-corrected chi connectivity index (χ2v) is 6.53. The van der Waals surface area contributed by atoms with Crippen molar-refractivity contribution < 1.29 is 4.79 Å². The Morgan fingerprint density at radius 1 is 1.30 bits per heavy atom. The van der Waals surface area contributed by atoms with Crippen molar-refractivity contribution in [2.24, 2.45) is 0 Å². The Balaban J connectivity index is 1.86. The Hall–Kier alpha value is -1.76. The second kappa shape index (κ2) is 8.76. The van der Waals surface area contributed by atoms with E-state index in [1.54, 1.807) is 0 Å². The fourth-order valence-corrected chi connectivity index (χ4v) is 2.51. The first-order valence-electron chi connectivity index (χ1n) is 7.91. The molecule has 1 heterocycles. The third-order valence-corrected chi connectivity index (χ3v) is 4.02. The van der Waals surface area contributed by atoms with Gasteiger partial charge in [-0.15, -0.1) is 10.2 Å². The number of tetrazole rings is 1. The number of hydrogen-bond acceptors (Lipinski definition) is 4. The molecule has 1 aromatic carbocycles. The van der Waals surface area contributed by atoms with Crippen molar-refractivity contribution in [1.82, 2.24) is 25.5 Å². The highest BCUT2D eigenvalue weighted by Crippen LogP contribution is 2.17. The van der Waals surface area contributed by atoms with Gasteiger partial charge in [0.05, 0.1) is 0 Å². The monoisotopic (exact) mass is 379 g/mol. The number of carbonyl (C=O) groups excluding carboxylic acids is 1. The molecular formula is C16H22BrN5O. The van der Waals surface area contributed by atoms with Crippen LogP contribution in [0.1, 0.15) is 39.5 Å². The van der Waals surface area contributed by atoms with Gasteiger partial charge in [0.1, 0.15) is 6.54 Å². The molecule has 0 aliphatic heterocycles. The summed E-state index contributed by atoms with van der Waals surface area (Å²) in [6.07, 6.45) is 4.51. The largest absolute Gasteiger partial charge is 0.352 e. The van der Waals surface area contributed by atoms with E-state index in [2.05, 4.69) is 43.6 Å². The second-order valence-electron chi connectivity index (χ2n) is 5.61. The third kappa shape index (κ3) is 5.74. The molecule has 6 nitrogen and oxygen atoms in total. The quantitative estimate of drug-likeness (QED) is 0.714. The van der Waals surface area contributed by atoms with Gasteiger partial charge in [-0.1, -0.05) is 42.1 Å². The molecule has 124 valence electrons. The van der Waals surface area contributed by atoms with Gasteiger partial charge in [-0.25, -0.2) is 0 Å². The van der Waals surface area contributed by atoms with E-state index in [4.69, 9.17) is 0 Å². The average Bonchev–Trinajstić information content (AvgIpc) is 2.96. The molecule has 1 N–H and O–H groups in total. The molecule has 7 heteroatoms. The third-order valence-electron chi connectivity index (χ3n) is 3.49. The van der Waals surface area contributed by atoms with Crippen LogP contribution in [0.2, 0.25) is 0 Å². The van der Waals surface area contributed by atoms with Gasteiger partial charge < -0.3 is 5.32 Å². The van der Waals surface area contributed by atoms with Gasteiger partial charge in [-0.3, -0.25) is 4.79 Å². The first-order valence-corrected chi connectivity index (χ1v) is 8.71. The Bertz CT molecular complexity index is 626. The SMILES string of the molecule is CCCCCC(C)NC(=O)Cn1nnc(-c2ccc(Br)cc2)n1. The number of nitrogens with zero attached hydrogens (tertiary/aromatic N) is 4.